The Balaban J connectivity index is 1.62. The number of benzene rings is 1. The van der Waals surface area contributed by atoms with Gasteiger partial charge in [0.15, 0.2) is 0 Å². The van der Waals surface area contributed by atoms with Crippen LogP contribution in [0, 0.1) is 0 Å². The molecule has 2 aliphatic heterocycles. The minimum atomic E-state index is -0.300. The summed E-state index contributed by atoms with van der Waals surface area (Å²) in [4.78, 5) is 13.8. The molecule has 1 amide bonds. The summed E-state index contributed by atoms with van der Waals surface area (Å²) < 4.78 is 13.8. The Morgan fingerprint density at radius 1 is 1.21 bits per heavy atom. The number of fused-ring (bicyclic) bond motifs is 1. The first-order chi connectivity index (χ1) is 11.7. The molecule has 3 heterocycles. The molecule has 24 heavy (non-hydrogen) atoms. The Bertz CT molecular complexity index is 718. The summed E-state index contributed by atoms with van der Waals surface area (Å²) in [5.41, 5.74) is 0.921. The van der Waals surface area contributed by atoms with Gasteiger partial charge in [-0.1, -0.05) is 18.2 Å². The van der Waals surface area contributed by atoms with Crippen LogP contribution in [0.3, 0.4) is 0 Å². The molecular formula is C19H22N2O3. The number of carbonyl (C=O) groups is 1. The van der Waals surface area contributed by atoms with Gasteiger partial charge in [-0.25, -0.2) is 4.79 Å². The summed E-state index contributed by atoms with van der Waals surface area (Å²) in [6.07, 6.45) is 5.55. The van der Waals surface area contributed by atoms with Gasteiger partial charge in [0.05, 0.1) is 6.61 Å². The van der Waals surface area contributed by atoms with E-state index in [2.05, 4.69) is 29.1 Å². The average Bonchev–Trinajstić information content (AvgIpc) is 3.21. The monoisotopic (exact) mass is 326 g/mol. The first kappa shape index (κ1) is 15.1. The Morgan fingerprint density at radius 2 is 1.92 bits per heavy atom. The third-order valence-corrected chi connectivity index (χ3v) is 5.09. The van der Waals surface area contributed by atoms with Crippen LogP contribution in [0.1, 0.15) is 31.4 Å². The smallest absolute Gasteiger partial charge is 0.409 e. The van der Waals surface area contributed by atoms with Crippen molar-refractivity contribution in [2.24, 2.45) is 0 Å². The van der Waals surface area contributed by atoms with E-state index in [0.29, 0.717) is 19.7 Å². The van der Waals surface area contributed by atoms with Crippen LogP contribution in [-0.4, -0.2) is 40.9 Å². The first-order valence-corrected chi connectivity index (χ1v) is 8.55. The number of aromatic nitrogens is 1. The maximum absolute atomic E-state index is 12.0. The average molecular weight is 326 g/mol. The Morgan fingerprint density at radius 3 is 2.62 bits per heavy atom. The zero-order valence-corrected chi connectivity index (χ0v) is 13.9. The van der Waals surface area contributed by atoms with Gasteiger partial charge >= 0.3 is 6.09 Å². The number of para-hydroxylation sites is 1. The molecule has 1 aromatic heterocycles. The van der Waals surface area contributed by atoms with Crippen molar-refractivity contribution in [3.05, 3.63) is 54.4 Å². The van der Waals surface area contributed by atoms with Gasteiger partial charge in [-0.15, -0.1) is 0 Å². The quantitative estimate of drug-likeness (QED) is 0.849. The van der Waals surface area contributed by atoms with E-state index in [4.69, 9.17) is 9.47 Å². The van der Waals surface area contributed by atoms with Gasteiger partial charge in [-0.2, -0.15) is 0 Å². The minimum Gasteiger partial charge on any atom is -0.484 e. The molecule has 1 spiro atoms. The third kappa shape index (κ3) is 2.35. The van der Waals surface area contributed by atoms with Crippen LogP contribution >= 0.6 is 0 Å². The van der Waals surface area contributed by atoms with Gasteiger partial charge in [0.25, 0.3) is 0 Å². The SMILES string of the molecule is CCOC(=O)N1CCC2(CC1)Oc1ccccc1C2n1cccc1. The Kier molecular flexibility index (Phi) is 3.71. The molecule has 1 fully saturated rings. The fourth-order valence-corrected chi connectivity index (χ4v) is 3.97. The number of ether oxygens (including phenoxy) is 2. The third-order valence-electron chi connectivity index (χ3n) is 5.09. The molecule has 2 aromatic rings. The highest BCUT2D eigenvalue weighted by molar-refractivity contribution is 5.67. The number of hydrogen-bond donors (Lipinski definition) is 0. The van der Waals surface area contributed by atoms with Gasteiger partial charge in [0.1, 0.15) is 17.4 Å². The molecule has 5 nitrogen and oxygen atoms in total. The van der Waals surface area contributed by atoms with E-state index in [1.807, 2.05) is 31.2 Å². The fraction of sp³-hybridized carbons (Fsp3) is 0.421. The van der Waals surface area contributed by atoms with E-state index < -0.39 is 0 Å². The molecule has 1 unspecified atom stereocenters. The van der Waals surface area contributed by atoms with Crippen molar-refractivity contribution in [1.82, 2.24) is 9.47 Å². The number of rotatable bonds is 2. The summed E-state index contributed by atoms with van der Waals surface area (Å²) in [5, 5.41) is 0. The second-order valence-electron chi connectivity index (χ2n) is 6.42. The number of likely N-dealkylation sites (tertiary alicyclic amines) is 1. The van der Waals surface area contributed by atoms with E-state index in [0.717, 1.165) is 18.6 Å². The molecule has 1 saturated heterocycles. The molecule has 126 valence electrons. The Hall–Kier alpha value is -2.43. The lowest BCUT2D eigenvalue weighted by atomic mass is 9.82. The molecule has 0 saturated carbocycles. The zero-order chi connectivity index (χ0) is 16.6. The van der Waals surface area contributed by atoms with Gasteiger partial charge in [-0.05, 0) is 25.1 Å². The molecule has 0 N–H and O–H groups in total. The first-order valence-electron chi connectivity index (χ1n) is 8.55. The molecule has 0 aliphatic carbocycles. The van der Waals surface area contributed by atoms with Crippen molar-refractivity contribution in [2.75, 3.05) is 19.7 Å². The van der Waals surface area contributed by atoms with E-state index in [1.54, 1.807) is 4.90 Å². The van der Waals surface area contributed by atoms with E-state index >= 15 is 0 Å². The maximum Gasteiger partial charge on any atom is 0.409 e. The number of nitrogens with zero attached hydrogens (tertiary/aromatic N) is 2. The molecular weight excluding hydrogens is 304 g/mol. The summed E-state index contributed by atoms with van der Waals surface area (Å²) in [7, 11) is 0. The van der Waals surface area contributed by atoms with Crippen LogP contribution in [0.15, 0.2) is 48.8 Å². The summed E-state index contributed by atoms with van der Waals surface area (Å²) in [5.74, 6) is 0.959. The molecule has 1 aromatic carbocycles. The number of piperidine rings is 1. The summed E-state index contributed by atoms with van der Waals surface area (Å²) in [6, 6.07) is 12.5. The highest BCUT2D eigenvalue weighted by Crippen LogP contribution is 2.50. The van der Waals surface area contributed by atoms with Crippen molar-refractivity contribution in [1.29, 1.82) is 0 Å². The maximum atomic E-state index is 12.0. The second-order valence-corrected chi connectivity index (χ2v) is 6.42. The minimum absolute atomic E-state index is 0.146. The molecule has 2 aliphatic rings. The lowest BCUT2D eigenvalue weighted by molar-refractivity contribution is -0.00695. The predicted molar refractivity (Wildman–Crippen MR) is 90.2 cm³/mol. The van der Waals surface area contributed by atoms with Crippen LogP contribution in [0.2, 0.25) is 0 Å². The highest BCUT2D eigenvalue weighted by atomic mass is 16.6. The lowest BCUT2D eigenvalue weighted by Gasteiger charge is -2.42. The second kappa shape index (κ2) is 5.89. The van der Waals surface area contributed by atoms with Crippen LogP contribution < -0.4 is 4.74 Å². The highest BCUT2D eigenvalue weighted by Gasteiger charge is 2.51. The van der Waals surface area contributed by atoms with Crippen molar-refractivity contribution in [3.63, 3.8) is 0 Å². The lowest BCUT2D eigenvalue weighted by Crippen LogP contribution is -2.52. The van der Waals surface area contributed by atoms with Crippen LogP contribution in [0.5, 0.6) is 5.75 Å². The van der Waals surface area contributed by atoms with Crippen molar-refractivity contribution >= 4 is 6.09 Å². The molecule has 5 heteroatoms. The van der Waals surface area contributed by atoms with Crippen molar-refractivity contribution in [2.45, 2.75) is 31.4 Å². The van der Waals surface area contributed by atoms with Crippen LogP contribution in [-0.2, 0) is 4.74 Å². The molecule has 0 radical (unpaired) electrons. The fourth-order valence-electron chi connectivity index (χ4n) is 3.97. The molecule has 0 bridgehead atoms. The van der Waals surface area contributed by atoms with E-state index in [-0.39, 0.29) is 17.7 Å². The Labute approximate surface area is 141 Å². The van der Waals surface area contributed by atoms with Gasteiger partial charge in [-0.3, -0.25) is 0 Å². The number of hydrogen-bond acceptors (Lipinski definition) is 3. The van der Waals surface area contributed by atoms with Crippen LogP contribution in [0.25, 0.3) is 0 Å². The number of carbonyl (C=O) groups excluding carboxylic acids is 1. The zero-order valence-electron chi connectivity index (χ0n) is 13.9. The largest absolute Gasteiger partial charge is 0.484 e. The van der Waals surface area contributed by atoms with Gasteiger partial charge < -0.3 is 18.9 Å². The summed E-state index contributed by atoms with van der Waals surface area (Å²) in [6.45, 7) is 3.56. The van der Waals surface area contributed by atoms with Gasteiger partial charge in [0.2, 0.25) is 0 Å². The van der Waals surface area contributed by atoms with Crippen LogP contribution in [0.4, 0.5) is 4.79 Å². The van der Waals surface area contributed by atoms with E-state index in [9.17, 15) is 4.79 Å². The molecule has 1 atom stereocenters. The predicted octanol–water partition coefficient (Wildman–Crippen LogP) is 3.46. The standard InChI is InChI=1S/C19H22N2O3/c1-2-23-18(22)21-13-9-19(10-14-21)17(20-11-5-6-12-20)15-7-3-4-8-16(15)24-19/h3-8,11-12,17H,2,9-10,13-14H2,1H3. The van der Waals surface area contributed by atoms with Crippen molar-refractivity contribution in [3.8, 4) is 5.75 Å². The van der Waals surface area contributed by atoms with Crippen molar-refractivity contribution < 1.29 is 14.3 Å². The molecule has 4 rings (SSSR count). The summed E-state index contributed by atoms with van der Waals surface area (Å²) >= 11 is 0. The van der Waals surface area contributed by atoms with Gasteiger partial charge in [0, 0.05) is 43.9 Å². The topological polar surface area (TPSA) is 43.7 Å². The van der Waals surface area contributed by atoms with E-state index in [1.165, 1.54) is 5.56 Å². The number of amides is 1. The normalized spacial score (nSPS) is 21.4.